The first-order chi connectivity index (χ1) is 12.4. The Balaban J connectivity index is 1.76. The van der Waals surface area contributed by atoms with E-state index in [9.17, 15) is 14.9 Å². The van der Waals surface area contributed by atoms with Crippen LogP contribution >= 0.6 is 23.4 Å². The second kappa shape index (κ2) is 7.35. The number of hydrogen-bond donors (Lipinski definition) is 1. The number of aryl methyl sites for hydroxylation is 1. The minimum absolute atomic E-state index is 0.139. The van der Waals surface area contributed by atoms with Gasteiger partial charge in [-0.1, -0.05) is 35.5 Å². The van der Waals surface area contributed by atoms with Gasteiger partial charge in [0.05, 0.1) is 31.9 Å². The fourth-order valence-electron chi connectivity index (χ4n) is 2.40. The van der Waals surface area contributed by atoms with Crippen LogP contribution in [0.1, 0.15) is 6.92 Å². The topological polar surface area (TPSA) is 90.1 Å². The van der Waals surface area contributed by atoms with E-state index in [-0.39, 0.29) is 22.3 Å². The minimum atomic E-state index is -0.538. The number of para-hydroxylation sites is 2. The molecule has 134 valence electrons. The number of thioether (sulfide) groups is 1. The lowest BCUT2D eigenvalue weighted by Gasteiger charge is -2.12. The normalized spacial score (nSPS) is 12.1. The van der Waals surface area contributed by atoms with Gasteiger partial charge < -0.3 is 9.88 Å². The summed E-state index contributed by atoms with van der Waals surface area (Å²) in [4.78, 5) is 27.4. The number of carbonyl (C=O) groups is 1. The number of nitro groups is 1. The highest BCUT2D eigenvalue weighted by atomic mass is 35.5. The number of anilines is 1. The maximum absolute atomic E-state index is 12.5. The summed E-state index contributed by atoms with van der Waals surface area (Å²) in [5.41, 5.74) is 1.90. The molecular weight excluding hydrogens is 376 g/mol. The molecule has 0 unspecified atom stereocenters. The summed E-state index contributed by atoms with van der Waals surface area (Å²) in [7, 11) is 1.89. The standard InChI is InChI=1S/C17H15ClN4O3S/c1-10(26-17-20-13-5-3-4-6-15(13)21(17)2)16(23)19-14-9-11(22(24)25)7-8-12(14)18/h3-10H,1-2H3,(H,19,23)/t10-/m0/s1. The van der Waals surface area contributed by atoms with Gasteiger partial charge in [0.2, 0.25) is 5.91 Å². The van der Waals surface area contributed by atoms with Gasteiger partial charge in [-0.3, -0.25) is 14.9 Å². The molecule has 7 nitrogen and oxygen atoms in total. The average Bonchev–Trinajstić information content (AvgIpc) is 2.92. The number of non-ortho nitro benzene ring substituents is 1. The highest BCUT2D eigenvalue weighted by Crippen LogP contribution is 2.29. The number of benzene rings is 2. The molecule has 0 aliphatic heterocycles. The molecule has 3 aromatic rings. The fraction of sp³-hybridized carbons (Fsp3) is 0.176. The maximum atomic E-state index is 12.5. The second-order valence-corrected chi connectivity index (χ2v) is 7.33. The van der Waals surface area contributed by atoms with Crippen molar-refractivity contribution in [1.82, 2.24) is 9.55 Å². The molecule has 0 aliphatic carbocycles. The molecule has 1 atom stereocenters. The van der Waals surface area contributed by atoms with E-state index in [0.29, 0.717) is 5.16 Å². The first-order valence-electron chi connectivity index (χ1n) is 7.69. The van der Waals surface area contributed by atoms with E-state index in [0.717, 1.165) is 11.0 Å². The quantitative estimate of drug-likeness (QED) is 0.399. The summed E-state index contributed by atoms with van der Waals surface area (Å²) in [5.74, 6) is -0.315. The molecule has 0 bridgehead atoms. The van der Waals surface area contributed by atoms with Crippen LogP contribution in [0, 0.1) is 10.1 Å². The Labute approximate surface area is 158 Å². The Morgan fingerprint density at radius 3 is 2.77 bits per heavy atom. The van der Waals surface area contributed by atoms with E-state index < -0.39 is 10.2 Å². The minimum Gasteiger partial charge on any atom is -0.324 e. The number of imidazole rings is 1. The van der Waals surface area contributed by atoms with Crippen molar-refractivity contribution in [3.05, 3.63) is 57.6 Å². The summed E-state index contributed by atoms with van der Waals surface area (Å²) in [6, 6.07) is 11.6. The van der Waals surface area contributed by atoms with Crippen molar-refractivity contribution in [2.45, 2.75) is 17.3 Å². The predicted molar refractivity (Wildman–Crippen MR) is 103 cm³/mol. The number of hydrogen-bond acceptors (Lipinski definition) is 5. The van der Waals surface area contributed by atoms with Crippen molar-refractivity contribution in [3.63, 3.8) is 0 Å². The van der Waals surface area contributed by atoms with E-state index in [2.05, 4.69) is 10.3 Å². The van der Waals surface area contributed by atoms with Crippen molar-refractivity contribution in [3.8, 4) is 0 Å². The molecule has 1 heterocycles. The van der Waals surface area contributed by atoms with Crippen molar-refractivity contribution in [2.24, 2.45) is 7.05 Å². The zero-order valence-electron chi connectivity index (χ0n) is 14.0. The van der Waals surface area contributed by atoms with Crippen LogP contribution in [0.15, 0.2) is 47.6 Å². The number of aromatic nitrogens is 2. The Hall–Kier alpha value is -2.58. The van der Waals surface area contributed by atoms with E-state index >= 15 is 0 Å². The van der Waals surface area contributed by atoms with Gasteiger partial charge >= 0.3 is 0 Å². The van der Waals surface area contributed by atoms with E-state index in [1.54, 1.807) is 6.92 Å². The lowest BCUT2D eigenvalue weighted by molar-refractivity contribution is -0.384. The number of nitrogens with zero attached hydrogens (tertiary/aromatic N) is 3. The van der Waals surface area contributed by atoms with Crippen molar-refractivity contribution < 1.29 is 9.72 Å². The van der Waals surface area contributed by atoms with E-state index in [1.807, 2.05) is 35.9 Å². The molecule has 9 heteroatoms. The van der Waals surface area contributed by atoms with Crippen LogP contribution in [0.25, 0.3) is 11.0 Å². The Morgan fingerprint density at radius 2 is 2.08 bits per heavy atom. The Kier molecular flexibility index (Phi) is 5.15. The van der Waals surface area contributed by atoms with Crippen LogP contribution in [-0.4, -0.2) is 25.6 Å². The molecule has 0 fully saturated rings. The van der Waals surface area contributed by atoms with Gasteiger partial charge in [0.1, 0.15) is 0 Å². The highest BCUT2D eigenvalue weighted by molar-refractivity contribution is 8.00. The molecule has 0 radical (unpaired) electrons. The SMILES string of the molecule is C[C@H](Sc1nc2ccccc2n1C)C(=O)Nc1cc([N+](=O)[O-])ccc1Cl. The molecular formula is C17H15ClN4O3S. The zero-order valence-corrected chi connectivity index (χ0v) is 15.5. The summed E-state index contributed by atoms with van der Waals surface area (Å²) >= 11 is 7.33. The molecule has 2 aromatic carbocycles. The van der Waals surface area contributed by atoms with Gasteiger partial charge in [0.25, 0.3) is 5.69 Å². The van der Waals surface area contributed by atoms with Crippen molar-refractivity contribution in [1.29, 1.82) is 0 Å². The molecule has 0 spiro atoms. The van der Waals surface area contributed by atoms with E-state index in [1.165, 1.54) is 30.0 Å². The van der Waals surface area contributed by atoms with Crippen LogP contribution in [0.2, 0.25) is 5.02 Å². The predicted octanol–water partition coefficient (Wildman–Crippen LogP) is 4.25. The zero-order chi connectivity index (χ0) is 18.8. The number of nitrogens with one attached hydrogen (secondary N) is 1. The number of amides is 1. The van der Waals surface area contributed by atoms with Gasteiger partial charge in [0, 0.05) is 19.2 Å². The average molecular weight is 391 g/mol. The van der Waals surface area contributed by atoms with Crippen LogP contribution < -0.4 is 5.32 Å². The van der Waals surface area contributed by atoms with Crippen LogP contribution in [0.4, 0.5) is 11.4 Å². The molecule has 26 heavy (non-hydrogen) atoms. The number of carbonyl (C=O) groups excluding carboxylic acids is 1. The van der Waals surface area contributed by atoms with Crippen LogP contribution in [0.5, 0.6) is 0 Å². The lowest BCUT2D eigenvalue weighted by Crippen LogP contribution is -2.23. The number of fused-ring (bicyclic) bond motifs is 1. The number of rotatable bonds is 5. The lowest BCUT2D eigenvalue weighted by atomic mass is 10.2. The molecule has 1 amide bonds. The first kappa shape index (κ1) is 18.2. The number of halogens is 1. The molecule has 1 N–H and O–H groups in total. The van der Waals surface area contributed by atoms with Gasteiger partial charge in [-0.2, -0.15) is 0 Å². The summed E-state index contributed by atoms with van der Waals surface area (Å²) in [6.07, 6.45) is 0. The molecule has 0 saturated heterocycles. The third kappa shape index (κ3) is 3.66. The third-order valence-electron chi connectivity index (χ3n) is 3.82. The largest absolute Gasteiger partial charge is 0.324 e. The van der Waals surface area contributed by atoms with Crippen LogP contribution in [0.3, 0.4) is 0 Å². The third-order valence-corrected chi connectivity index (χ3v) is 5.29. The second-order valence-electron chi connectivity index (χ2n) is 5.61. The molecule has 1 aromatic heterocycles. The monoisotopic (exact) mass is 390 g/mol. The van der Waals surface area contributed by atoms with Crippen LogP contribution in [-0.2, 0) is 11.8 Å². The summed E-state index contributed by atoms with van der Waals surface area (Å²) < 4.78 is 1.92. The van der Waals surface area contributed by atoms with Crippen molar-refractivity contribution >= 4 is 51.7 Å². The maximum Gasteiger partial charge on any atom is 0.271 e. The molecule has 0 aliphatic rings. The van der Waals surface area contributed by atoms with E-state index in [4.69, 9.17) is 11.6 Å². The first-order valence-corrected chi connectivity index (χ1v) is 8.95. The van der Waals surface area contributed by atoms with Gasteiger partial charge in [0.15, 0.2) is 5.16 Å². The highest BCUT2D eigenvalue weighted by Gasteiger charge is 2.20. The van der Waals surface area contributed by atoms with Gasteiger partial charge in [-0.15, -0.1) is 0 Å². The summed E-state index contributed by atoms with van der Waals surface area (Å²) in [5, 5.41) is 14.0. The van der Waals surface area contributed by atoms with Gasteiger partial charge in [-0.05, 0) is 25.1 Å². The van der Waals surface area contributed by atoms with Gasteiger partial charge in [-0.25, -0.2) is 4.98 Å². The molecule has 3 rings (SSSR count). The number of nitro benzene ring substituents is 1. The summed E-state index contributed by atoms with van der Waals surface area (Å²) in [6.45, 7) is 1.74. The fourth-order valence-corrected chi connectivity index (χ4v) is 3.45. The Morgan fingerprint density at radius 1 is 1.35 bits per heavy atom. The van der Waals surface area contributed by atoms with Crippen molar-refractivity contribution in [2.75, 3.05) is 5.32 Å². The molecule has 0 saturated carbocycles. The Bertz CT molecular complexity index is 1000. The smallest absolute Gasteiger partial charge is 0.271 e.